The molecule has 0 radical (unpaired) electrons. The highest BCUT2D eigenvalue weighted by atomic mass is 16.2. The molecule has 2 heterocycles. The Hall–Kier alpha value is -3.22. The van der Waals surface area contributed by atoms with E-state index < -0.39 is 11.2 Å². The van der Waals surface area contributed by atoms with Crippen LogP contribution in [-0.2, 0) is 20.6 Å². The molecule has 0 unspecified atom stereocenters. The average Bonchev–Trinajstić information content (AvgIpc) is 2.68. The Morgan fingerprint density at radius 3 is 2.33 bits per heavy atom. The number of benzene rings is 1. The monoisotopic (exact) mass is 366 g/mol. The molecule has 0 bridgehead atoms. The Morgan fingerprint density at radius 2 is 1.70 bits per heavy atom. The molecule has 140 valence electrons. The van der Waals surface area contributed by atoms with Gasteiger partial charge in [0.05, 0.1) is 5.39 Å². The second-order valence-corrected chi connectivity index (χ2v) is 6.79. The van der Waals surface area contributed by atoms with Gasteiger partial charge in [-0.2, -0.15) is 0 Å². The molecule has 3 rings (SSSR count). The predicted octanol–water partition coefficient (Wildman–Crippen LogP) is 1.68. The van der Waals surface area contributed by atoms with E-state index in [-0.39, 0.29) is 23.3 Å². The molecule has 0 atom stereocenters. The minimum absolute atomic E-state index is 0.0392. The number of aryl methyl sites for hydroxylation is 1. The van der Waals surface area contributed by atoms with Gasteiger partial charge in [0.1, 0.15) is 11.3 Å². The first-order valence-electron chi connectivity index (χ1n) is 8.73. The number of fused-ring (bicyclic) bond motifs is 1. The second-order valence-electron chi connectivity index (χ2n) is 6.79. The fourth-order valence-corrected chi connectivity index (χ4v) is 2.99. The first-order chi connectivity index (χ1) is 12.8. The van der Waals surface area contributed by atoms with Crippen LogP contribution in [0.2, 0.25) is 0 Å². The van der Waals surface area contributed by atoms with E-state index in [1.54, 1.807) is 11.0 Å². The molecule has 27 heavy (non-hydrogen) atoms. The standard InChI is InChI=1S/C20H22N4O3/c1-13(2)24(12-14-8-6-5-7-9-14)19(26)16-11-10-15-17(21-16)22(3)20(27)23(4)18(15)25/h5-11,13H,12H2,1-4H3. The summed E-state index contributed by atoms with van der Waals surface area (Å²) in [7, 11) is 2.96. The predicted molar refractivity (Wildman–Crippen MR) is 104 cm³/mol. The van der Waals surface area contributed by atoms with Gasteiger partial charge in [-0.15, -0.1) is 0 Å². The van der Waals surface area contributed by atoms with Crippen molar-refractivity contribution in [2.45, 2.75) is 26.4 Å². The molecule has 1 amide bonds. The first-order valence-corrected chi connectivity index (χ1v) is 8.73. The van der Waals surface area contributed by atoms with Gasteiger partial charge in [0.15, 0.2) is 0 Å². The smallest absolute Gasteiger partial charge is 0.331 e. The molecule has 0 aliphatic carbocycles. The first kappa shape index (κ1) is 18.6. The van der Waals surface area contributed by atoms with Crippen LogP contribution in [0.1, 0.15) is 29.9 Å². The molecule has 0 aliphatic rings. The fourth-order valence-electron chi connectivity index (χ4n) is 2.99. The topological polar surface area (TPSA) is 77.2 Å². The van der Waals surface area contributed by atoms with Crippen molar-refractivity contribution in [2.75, 3.05) is 0 Å². The highest BCUT2D eigenvalue weighted by Gasteiger charge is 2.21. The van der Waals surface area contributed by atoms with Crippen LogP contribution in [0.3, 0.4) is 0 Å². The van der Waals surface area contributed by atoms with Crippen molar-refractivity contribution in [3.8, 4) is 0 Å². The van der Waals surface area contributed by atoms with Crippen LogP contribution in [0.4, 0.5) is 0 Å². The summed E-state index contributed by atoms with van der Waals surface area (Å²) in [6.07, 6.45) is 0. The number of carbonyl (C=O) groups is 1. The van der Waals surface area contributed by atoms with Gasteiger partial charge in [-0.25, -0.2) is 9.78 Å². The molecule has 7 nitrogen and oxygen atoms in total. The van der Waals surface area contributed by atoms with Crippen molar-refractivity contribution in [2.24, 2.45) is 14.1 Å². The molecular formula is C20H22N4O3. The molecule has 0 N–H and O–H groups in total. The average molecular weight is 366 g/mol. The summed E-state index contributed by atoms with van der Waals surface area (Å²) in [5.41, 5.74) is 0.522. The molecule has 0 saturated heterocycles. The van der Waals surface area contributed by atoms with Crippen LogP contribution >= 0.6 is 0 Å². The Labute approximate surface area is 156 Å². The summed E-state index contributed by atoms with van der Waals surface area (Å²) in [4.78, 5) is 43.6. The maximum absolute atomic E-state index is 13.1. The minimum atomic E-state index is -0.477. The van der Waals surface area contributed by atoms with E-state index in [0.717, 1.165) is 10.1 Å². The normalized spacial score (nSPS) is 11.1. The number of aromatic nitrogens is 3. The van der Waals surface area contributed by atoms with Gasteiger partial charge in [-0.1, -0.05) is 30.3 Å². The van der Waals surface area contributed by atoms with E-state index in [0.29, 0.717) is 11.9 Å². The van der Waals surface area contributed by atoms with Gasteiger partial charge in [0, 0.05) is 26.7 Å². The SMILES string of the molecule is CC(C)N(Cc1ccccc1)C(=O)c1ccc2c(=O)n(C)c(=O)n(C)c2n1. The Kier molecular flexibility index (Phi) is 4.94. The summed E-state index contributed by atoms with van der Waals surface area (Å²) in [6.45, 7) is 4.33. The molecule has 1 aromatic carbocycles. The van der Waals surface area contributed by atoms with E-state index in [2.05, 4.69) is 4.98 Å². The van der Waals surface area contributed by atoms with E-state index in [9.17, 15) is 14.4 Å². The van der Waals surface area contributed by atoms with Crippen molar-refractivity contribution in [3.05, 3.63) is 74.6 Å². The number of amides is 1. The Balaban J connectivity index is 2.06. The van der Waals surface area contributed by atoms with E-state index in [1.165, 1.54) is 24.7 Å². The molecule has 0 fully saturated rings. The largest absolute Gasteiger partial charge is 0.332 e. The van der Waals surface area contributed by atoms with Crippen LogP contribution in [0, 0.1) is 0 Å². The number of carbonyl (C=O) groups excluding carboxylic acids is 1. The Bertz CT molecular complexity index is 1110. The van der Waals surface area contributed by atoms with E-state index in [4.69, 9.17) is 0 Å². The summed E-state index contributed by atoms with van der Waals surface area (Å²) in [6, 6.07) is 12.8. The van der Waals surface area contributed by atoms with Gasteiger partial charge >= 0.3 is 5.69 Å². The maximum atomic E-state index is 13.1. The third-order valence-electron chi connectivity index (χ3n) is 4.60. The Morgan fingerprint density at radius 1 is 1.04 bits per heavy atom. The van der Waals surface area contributed by atoms with Crippen LogP contribution in [0.5, 0.6) is 0 Å². The highest BCUT2D eigenvalue weighted by Crippen LogP contribution is 2.14. The van der Waals surface area contributed by atoms with Gasteiger partial charge in [0.2, 0.25) is 0 Å². The fraction of sp³-hybridized carbons (Fsp3) is 0.300. The van der Waals surface area contributed by atoms with Crippen molar-refractivity contribution in [3.63, 3.8) is 0 Å². The lowest BCUT2D eigenvalue weighted by atomic mass is 10.1. The number of nitrogens with zero attached hydrogens (tertiary/aromatic N) is 4. The van der Waals surface area contributed by atoms with Crippen molar-refractivity contribution < 1.29 is 4.79 Å². The summed E-state index contributed by atoms with van der Waals surface area (Å²) >= 11 is 0. The van der Waals surface area contributed by atoms with Crippen molar-refractivity contribution in [1.82, 2.24) is 19.0 Å². The zero-order valence-electron chi connectivity index (χ0n) is 15.8. The van der Waals surface area contributed by atoms with Crippen LogP contribution < -0.4 is 11.2 Å². The highest BCUT2D eigenvalue weighted by molar-refractivity contribution is 5.94. The maximum Gasteiger partial charge on any atom is 0.332 e. The van der Waals surface area contributed by atoms with E-state index >= 15 is 0 Å². The lowest BCUT2D eigenvalue weighted by Gasteiger charge is -2.26. The molecule has 0 saturated carbocycles. The van der Waals surface area contributed by atoms with Gasteiger partial charge < -0.3 is 4.90 Å². The number of pyridine rings is 1. The van der Waals surface area contributed by atoms with Crippen LogP contribution in [-0.4, -0.2) is 31.0 Å². The van der Waals surface area contributed by atoms with Gasteiger partial charge in [-0.05, 0) is 31.5 Å². The zero-order valence-corrected chi connectivity index (χ0v) is 15.8. The van der Waals surface area contributed by atoms with Gasteiger partial charge in [0.25, 0.3) is 11.5 Å². The van der Waals surface area contributed by atoms with Crippen LogP contribution in [0.25, 0.3) is 11.0 Å². The molecule has 7 heteroatoms. The number of hydrogen-bond acceptors (Lipinski definition) is 4. The third-order valence-corrected chi connectivity index (χ3v) is 4.60. The zero-order chi connectivity index (χ0) is 19.7. The van der Waals surface area contributed by atoms with Crippen molar-refractivity contribution in [1.29, 1.82) is 0 Å². The molecule has 3 aromatic rings. The number of hydrogen-bond donors (Lipinski definition) is 0. The molecule has 2 aromatic heterocycles. The summed E-state index contributed by atoms with van der Waals surface area (Å²) in [5, 5.41) is 0.301. The molecular weight excluding hydrogens is 344 g/mol. The second kappa shape index (κ2) is 7.19. The summed E-state index contributed by atoms with van der Waals surface area (Å²) < 4.78 is 2.31. The molecule has 0 spiro atoms. The summed E-state index contributed by atoms with van der Waals surface area (Å²) in [5.74, 6) is -0.246. The molecule has 0 aliphatic heterocycles. The lowest BCUT2D eigenvalue weighted by molar-refractivity contribution is 0.0684. The lowest BCUT2D eigenvalue weighted by Crippen LogP contribution is -2.39. The number of rotatable bonds is 4. The third kappa shape index (κ3) is 3.40. The van der Waals surface area contributed by atoms with Crippen LogP contribution in [0.15, 0.2) is 52.1 Å². The van der Waals surface area contributed by atoms with Gasteiger partial charge in [-0.3, -0.25) is 18.7 Å². The van der Waals surface area contributed by atoms with E-state index in [1.807, 2.05) is 44.2 Å². The van der Waals surface area contributed by atoms with Crippen molar-refractivity contribution >= 4 is 16.9 Å². The minimum Gasteiger partial charge on any atom is -0.331 e. The quantitative estimate of drug-likeness (QED) is 0.704.